The van der Waals surface area contributed by atoms with Gasteiger partial charge in [-0.1, -0.05) is 6.07 Å². The maximum absolute atomic E-state index is 12.6. The van der Waals surface area contributed by atoms with Gasteiger partial charge in [-0.3, -0.25) is 14.4 Å². The van der Waals surface area contributed by atoms with Crippen molar-refractivity contribution >= 4 is 5.91 Å². The number of amides is 1. The Labute approximate surface area is 141 Å². The van der Waals surface area contributed by atoms with Gasteiger partial charge in [-0.15, -0.1) is 0 Å². The minimum absolute atomic E-state index is 0.00399. The average Bonchev–Trinajstić information content (AvgIpc) is 2.92. The van der Waals surface area contributed by atoms with Crippen LogP contribution in [0.3, 0.4) is 0 Å². The first-order valence-electron chi connectivity index (χ1n) is 8.08. The third-order valence-corrected chi connectivity index (χ3v) is 4.41. The summed E-state index contributed by atoms with van der Waals surface area (Å²) in [7, 11) is 1.93. The summed E-state index contributed by atoms with van der Waals surface area (Å²) in [5, 5.41) is 13.3. The van der Waals surface area contributed by atoms with Gasteiger partial charge in [-0.2, -0.15) is 10.4 Å². The number of hydrogen-bond acceptors (Lipinski definition) is 4. The van der Waals surface area contributed by atoms with E-state index in [1.165, 1.54) is 5.56 Å². The maximum Gasteiger partial charge on any atom is 0.253 e. The second-order valence-corrected chi connectivity index (χ2v) is 6.17. The van der Waals surface area contributed by atoms with Crippen molar-refractivity contribution in [1.29, 1.82) is 5.26 Å². The number of aryl methyl sites for hydroxylation is 2. The molecule has 6 nitrogen and oxygen atoms in total. The van der Waals surface area contributed by atoms with Gasteiger partial charge in [-0.05, 0) is 25.1 Å². The summed E-state index contributed by atoms with van der Waals surface area (Å²) in [6, 6.07) is 8.98. The lowest BCUT2D eigenvalue weighted by Gasteiger charge is -2.34. The summed E-state index contributed by atoms with van der Waals surface area (Å²) in [4.78, 5) is 16.8. The van der Waals surface area contributed by atoms with Crippen LogP contribution in [0.5, 0.6) is 0 Å². The topological polar surface area (TPSA) is 65.2 Å². The summed E-state index contributed by atoms with van der Waals surface area (Å²) >= 11 is 0. The normalized spacial score (nSPS) is 15.3. The molecule has 6 heteroatoms. The highest BCUT2D eigenvalue weighted by Gasteiger charge is 2.23. The molecule has 1 aliphatic heterocycles. The van der Waals surface area contributed by atoms with E-state index < -0.39 is 0 Å². The lowest BCUT2D eigenvalue weighted by molar-refractivity contribution is 0.0628. The van der Waals surface area contributed by atoms with Crippen LogP contribution in [0.1, 0.15) is 27.2 Å². The second kappa shape index (κ2) is 6.85. The van der Waals surface area contributed by atoms with E-state index in [0.717, 1.165) is 25.3 Å². The molecule has 1 amide bonds. The highest BCUT2D eigenvalue weighted by Crippen LogP contribution is 2.14. The monoisotopic (exact) mass is 323 g/mol. The lowest BCUT2D eigenvalue weighted by Crippen LogP contribution is -2.48. The summed E-state index contributed by atoms with van der Waals surface area (Å²) in [5.41, 5.74) is 3.40. The summed E-state index contributed by atoms with van der Waals surface area (Å²) in [6.07, 6.45) is 2.06. The largest absolute Gasteiger partial charge is 0.336 e. The van der Waals surface area contributed by atoms with Gasteiger partial charge in [0.05, 0.1) is 17.3 Å². The first-order valence-corrected chi connectivity index (χ1v) is 8.08. The van der Waals surface area contributed by atoms with E-state index in [-0.39, 0.29) is 5.91 Å². The fourth-order valence-electron chi connectivity index (χ4n) is 3.06. The number of hydrogen-bond donors (Lipinski definition) is 0. The molecular weight excluding hydrogens is 302 g/mol. The minimum atomic E-state index is 0.00399. The quantitative estimate of drug-likeness (QED) is 0.860. The molecule has 1 aromatic carbocycles. The molecule has 2 aromatic rings. The average molecular weight is 323 g/mol. The first-order chi connectivity index (χ1) is 11.6. The van der Waals surface area contributed by atoms with Crippen LogP contribution in [0.4, 0.5) is 0 Å². The maximum atomic E-state index is 12.6. The molecule has 2 heterocycles. The first kappa shape index (κ1) is 16.2. The number of nitriles is 1. The fourth-order valence-corrected chi connectivity index (χ4v) is 3.06. The predicted octanol–water partition coefficient (Wildman–Crippen LogP) is 1.56. The number of aromatic nitrogens is 2. The van der Waals surface area contributed by atoms with E-state index in [1.54, 1.807) is 24.3 Å². The fraction of sp³-hybridized carbons (Fsp3) is 0.389. The van der Waals surface area contributed by atoms with Crippen molar-refractivity contribution in [1.82, 2.24) is 19.6 Å². The van der Waals surface area contributed by atoms with Gasteiger partial charge in [0.15, 0.2) is 0 Å². The van der Waals surface area contributed by atoms with Crippen molar-refractivity contribution in [3.63, 3.8) is 0 Å². The Hall–Kier alpha value is -2.65. The number of piperazine rings is 1. The van der Waals surface area contributed by atoms with Gasteiger partial charge in [-0.25, -0.2) is 0 Å². The molecule has 0 spiro atoms. The van der Waals surface area contributed by atoms with Gasteiger partial charge < -0.3 is 4.90 Å². The molecule has 0 atom stereocenters. The molecule has 0 saturated carbocycles. The van der Waals surface area contributed by atoms with E-state index in [1.807, 2.05) is 23.6 Å². The smallest absolute Gasteiger partial charge is 0.253 e. The Morgan fingerprint density at radius 1 is 1.29 bits per heavy atom. The Morgan fingerprint density at radius 2 is 2.04 bits per heavy atom. The Balaban J connectivity index is 1.59. The molecule has 1 aliphatic rings. The highest BCUT2D eigenvalue weighted by molar-refractivity contribution is 5.94. The van der Waals surface area contributed by atoms with Crippen molar-refractivity contribution in [2.75, 3.05) is 26.2 Å². The molecule has 3 rings (SSSR count). The molecule has 0 bridgehead atoms. The molecule has 0 N–H and O–H groups in total. The van der Waals surface area contributed by atoms with Crippen LogP contribution in [-0.2, 0) is 13.6 Å². The number of benzene rings is 1. The Kier molecular flexibility index (Phi) is 4.63. The van der Waals surface area contributed by atoms with E-state index in [2.05, 4.69) is 22.3 Å². The van der Waals surface area contributed by atoms with E-state index in [9.17, 15) is 4.79 Å². The van der Waals surface area contributed by atoms with Crippen LogP contribution in [-0.4, -0.2) is 51.7 Å². The van der Waals surface area contributed by atoms with Gasteiger partial charge in [0.1, 0.15) is 0 Å². The number of carbonyl (C=O) groups is 1. The van der Waals surface area contributed by atoms with Gasteiger partial charge in [0.2, 0.25) is 0 Å². The lowest BCUT2D eigenvalue weighted by atomic mass is 10.1. The zero-order valence-electron chi connectivity index (χ0n) is 14.1. The van der Waals surface area contributed by atoms with Gasteiger partial charge in [0, 0.05) is 57.1 Å². The van der Waals surface area contributed by atoms with Crippen LogP contribution in [0.15, 0.2) is 30.5 Å². The van der Waals surface area contributed by atoms with Crippen molar-refractivity contribution in [2.45, 2.75) is 13.5 Å². The van der Waals surface area contributed by atoms with Crippen molar-refractivity contribution in [2.24, 2.45) is 7.05 Å². The van der Waals surface area contributed by atoms with Crippen LogP contribution < -0.4 is 0 Å². The molecular formula is C18H21N5O. The van der Waals surface area contributed by atoms with E-state index in [4.69, 9.17) is 5.26 Å². The third kappa shape index (κ3) is 3.47. The molecule has 124 valence electrons. The van der Waals surface area contributed by atoms with E-state index in [0.29, 0.717) is 24.2 Å². The molecule has 1 saturated heterocycles. The van der Waals surface area contributed by atoms with Crippen molar-refractivity contribution in [3.05, 3.63) is 52.8 Å². The highest BCUT2D eigenvalue weighted by atomic mass is 16.2. The Morgan fingerprint density at radius 3 is 2.67 bits per heavy atom. The number of nitrogens with zero attached hydrogens (tertiary/aromatic N) is 5. The number of rotatable bonds is 3. The van der Waals surface area contributed by atoms with Gasteiger partial charge >= 0.3 is 0 Å². The van der Waals surface area contributed by atoms with Crippen LogP contribution in [0, 0.1) is 18.3 Å². The summed E-state index contributed by atoms with van der Waals surface area (Å²) < 4.78 is 1.84. The second-order valence-electron chi connectivity index (χ2n) is 6.17. The van der Waals surface area contributed by atoms with Crippen LogP contribution >= 0.6 is 0 Å². The predicted molar refractivity (Wildman–Crippen MR) is 90.3 cm³/mol. The molecule has 1 aromatic heterocycles. The zero-order valence-corrected chi connectivity index (χ0v) is 14.1. The zero-order chi connectivity index (χ0) is 17.1. The Bertz CT molecular complexity index is 781. The third-order valence-electron chi connectivity index (χ3n) is 4.41. The summed E-state index contributed by atoms with van der Waals surface area (Å²) in [6.45, 7) is 5.99. The number of carbonyl (C=O) groups excluding carboxylic acids is 1. The molecule has 1 fully saturated rings. The summed E-state index contributed by atoms with van der Waals surface area (Å²) in [5.74, 6) is 0.00399. The molecule has 0 unspecified atom stereocenters. The van der Waals surface area contributed by atoms with E-state index >= 15 is 0 Å². The minimum Gasteiger partial charge on any atom is -0.336 e. The van der Waals surface area contributed by atoms with Crippen molar-refractivity contribution in [3.8, 4) is 6.07 Å². The van der Waals surface area contributed by atoms with Crippen molar-refractivity contribution < 1.29 is 4.79 Å². The van der Waals surface area contributed by atoms with Gasteiger partial charge in [0.25, 0.3) is 5.91 Å². The molecule has 24 heavy (non-hydrogen) atoms. The van der Waals surface area contributed by atoms with Crippen LogP contribution in [0.25, 0.3) is 0 Å². The van der Waals surface area contributed by atoms with Crippen LogP contribution in [0.2, 0.25) is 0 Å². The standard InChI is InChI=1S/C18H21N5O/c1-14-17(12-21(2)20-14)13-22-6-8-23(9-7-22)18(24)16-5-3-4-15(10-16)11-19/h3-5,10,12H,6-9,13H2,1-2H3. The molecule has 0 radical (unpaired) electrons. The molecule has 0 aliphatic carbocycles. The SMILES string of the molecule is Cc1nn(C)cc1CN1CCN(C(=O)c2cccc(C#N)c2)CC1.